The molecule has 0 spiro atoms. The first-order chi connectivity index (χ1) is 16.8. The molecular formula is C26H22N6OS2. The van der Waals surface area contributed by atoms with Crippen molar-refractivity contribution in [2.24, 2.45) is 0 Å². The zero-order valence-corrected chi connectivity index (χ0v) is 21.0. The number of nitriles is 1. The highest BCUT2D eigenvalue weighted by Gasteiger charge is 2.25. The lowest BCUT2D eigenvalue weighted by Crippen LogP contribution is -2.11. The molecule has 0 saturated heterocycles. The van der Waals surface area contributed by atoms with Crippen molar-refractivity contribution in [1.82, 2.24) is 9.97 Å². The van der Waals surface area contributed by atoms with Crippen molar-refractivity contribution in [1.29, 1.82) is 5.26 Å². The second-order valence-corrected chi connectivity index (χ2v) is 10.6. The van der Waals surface area contributed by atoms with Gasteiger partial charge >= 0.3 is 0 Å². The SMILES string of the molecule is Cc1ccc2nc(NC(=O)c3sc4nc(N)c(C#N)c(-c5ccc(C(C)C)cc5)c4c3N)sc2c1. The fraction of sp³-hybridized carbons (Fsp3) is 0.154. The third-order valence-corrected chi connectivity index (χ3v) is 7.88. The lowest BCUT2D eigenvalue weighted by atomic mass is 9.94. The van der Waals surface area contributed by atoms with Crippen LogP contribution in [0.4, 0.5) is 16.6 Å². The summed E-state index contributed by atoms with van der Waals surface area (Å²) in [6.45, 7) is 6.25. The number of carbonyl (C=O) groups excluding carboxylic acids is 1. The number of amides is 1. The normalized spacial score (nSPS) is 11.3. The summed E-state index contributed by atoms with van der Waals surface area (Å²) in [5.41, 5.74) is 17.7. The minimum atomic E-state index is -0.375. The van der Waals surface area contributed by atoms with Crippen LogP contribution in [0.25, 0.3) is 31.6 Å². The van der Waals surface area contributed by atoms with Crippen LogP contribution in [0.2, 0.25) is 0 Å². The van der Waals surface area contributed by atoms with Crippen molar-refractivity contribution in [3.63, 3.8) is 0 Å². The first kappa shape index (κ1) is 22.8. The largest absolute Gasteiger partial charge is 0.397 e. The number of aromatic nitrogens is 2. The highest BCUT2D eigenvalue weighted by Crippen LogP contribution is 2.43. The van der Waals surface area contributed by atoms with Gasteiger partial charge in [-0.2, -0.15) is 5.26 Å². The molecule has 0 aliphatic rings. The van der Waals surface area contributed by atoms with E-state index < -0.39 is 0 Å². The lowest BCUT2D eigenvalue weighted by Gasteiger charge is -2.11. The Morgan fingerprint density at radius 1 is 1.09 bits per heavy atom. The van der Waals surface area contributed by atoms with E-state index in [-0.39, 0.29) is 23.0 Å². The van der Waals surface area contributed by atoms with Crippen molar-refractivity contribution in [3.05, 3.63) is 64.0 Å². The van der Waals surface area contributed by atoms with E-state index in [0.29, 0.717) is 31.7 Å². The molecular weight excluding hydrogens is 476 g/mol. The molecule has 7 nitrogen and oxygen atoms in total. The van der Waals surface area contributed by atoms with Crippen LogP contribution in [-0.4, -0.2) is 15.9 Å². The standard InChI is InChI=1S/C26H22N6OS2/c1-12(2)14-5-7-15(8-6-14)19-16(11-27)23(29)31-25-20(19)21(28)22(35-25)24(33)32-26-30-17-9-4-13(3)10-18(17)34-26/h4-10,12H,28H2,1-3H3,(H2,29,31)(H,30,32,33). The van der Waals surface area contributed by atoms with E-state index in [2.05, 4.69) is 35.2 Å². The van der Waals surface area contributed by atoms with Crippen LogP contribution in [0.3, 0.4) is 0 Å². The van der Waals surface area contributed by atoms with Gasteiger partial charge in [0.2, 0.25) is 0 Å². The third-order valence-electron chi connectivity index (χ3n) is 5.85. The molecule has 0 unspecified atom stereocenters. The van der Waals surface area contributed by atoms with Crippen LogP contribution in [0.15, 0.2) is 42.5 Å². The summed E-state index contributed by atoms with van der Waals surface area (Å²) < 4.78 is 0.991. The maximum atomic E-state index is 13.2. The number of nitrogen functional groups attached to an aromatic ring is 2. The smallest absolute Gasteiger partial charge is 0.269 e. The second-order valence-electron chi connectivity index (χ2n) is 8.60. The average Bonchev–Trinajstić information content (AvgIpc) is 3.37. The van der Waals surface area contributed by atoms with Gasteiger partial charge in [-0.1, -0.05) is 55.5 Å². The molecule has 0 fully saturated rings. The number of nitrogens with two attached hydrogens (primary N) is 2. The molecule has 3 aromatic heterocycles. The molecule has 0 saturated carbocycles. The first-order valence-corrected chi connectivity index (χ1v) is 12.6. The Balaban J connectivity index is 1.61. The summed E-state index contributed by atoms with van der Waals surface area (Å²) in [7, 11) is 0. The quantitative estimate of drug-likeness (QED) is 0.267. The Morgan fingerprint density at radius 3 is 2.51 bits per heavy atom. The number of benzene rings is 2. The Hall–Kier alpha value is -4.00. The highest BCUT2D eigenvalue weighted by atomic mass is 32.1. The van der Waals surface area contributed by atoms with Crippen LogP contribution in [-0.2, 0) is 0 Å². The zero-order valence-electron chi connectivity index (χ0n) is 19.3. The molecule has 0 bridgehead atoms. The van der Waals surface area contributed by atoms with Crippen LogP contribution < -0.4 is 16.8 Å². The highest BCUT2D eigenvalue weighted by molar-refractivity contribution is 7.23. The van der Waals surface area contributed by atoms with E-state index in [1.165, 1.54) is 16.9 Å². The fourth-order valence-corrected chi connectivity index (χ4v) is 5.98. The van der Waals surface area contributed by atoms with Crippen LogP contribution in [0, 0.1) is 18.3 Å². The van der Waals surface area contributed by atoms with E-state index in [1.807, 2.05) is 49.4 Å². The Labute approximate surface area is 210 Å². The van der Waals surface area contributed by atoms with E-state index in [4.69, 9.17) is 11.5 Å². The van der Waals surface area contributed by atoms with Crippen molar-refractivity contribution in [3.8, 4) is 17.2 Å². The van der Waals surface area contributed by atoms with Gasteiger partial charge in [-0.05, 0) is 41.7 Å². The molecule has 0 aliphatic carbocycles. The number of thiazole rings is 1. The average molecular weight is 499 g/mol. The number of carbonyl (C=O) groups is 1. The maximum absolute atomic E-state index is 13.2. The number of thiophene rings is 1. The topological polar surface area (TPSA) is 131 Å². The predicted molar refractivity (Wildman–Crippen MR) is 145 cm³/mol. The summed E-state index contributed by atoms with van der Waals surface area (Å²) in [4.78, 5) is 22.9. The van der Waals surface area contributed by atoms with Crippen LogP contribution in [0.5, 0.6) is 0 Å². The summed E-state index contributed by atoms with van der Waals surface area (Å²) in [5, 5.41) is 13.8. The molecule has 0 atom stereocenters. The molecule has 0 radical (unpaired) electrons. The van der Waals surface area contributed by atoms with Gasteiger partial charge in [-0.3, -0.25) is 10.1 Å². The Bertz CT molecular complexity index is 1660. The van der Waals surface area contributed by atoms with Crippen LogP contribution in [0.1, 0.15) is 46.1 Å². The van der Waals surface area contributed by atoms with Gasteiger partial charge in [0.15, 0.2) is 5.13 Å². The monoisotopic (exact) mass is 498 g/mol. The molecule has 9 heteroatoms. The molecule has 5 rings (SSSR count). The number of anilines is 3. The minimum Gasteiger partial charge on any atom is -0.397 e. The number of nitrogens with zero attached hydrogens (tertiary/aromatic N) is 3. The van der Waals surface area contributed by atoms with Gasteiger partial charge in [0.05, 0.1) is 15.9 Å². The van der Waals surface area contributed by atoms with Crippen molar-refractivity contribution in [2.45, 2.75) is 26.7 Å². The van der Waals surface area contributed by atoms with Crippen LogP contribution >= 0.6 is 22.7 Å². The molecule has 5 N–H and O–H groups in total. The molecule has 3 heterocycles. The summed E-state index contributed by atoms with van der Waals surface area (Å²) in [6.07, 6.45) is 0. The molecule has 2 aromatic carbocycles. The van der Waals surface area contributed by atoms with E-state index in [9.17, 15) is 10.1 Å². The number of aryl methyl sites for hydroxylation is 1. The molecule has 5 aromatic rings. The predicted octanol–water partition coefficient (Wildman–Crippen LogP) is 6.29. The number of rotatable bonds is 4. The van der Waals surface area contributed by atoms with E-state index in [1.54, 1.807) is 0 Å². The number of hydrogen-bond acceptors (Lipinski definition) is 8. The van der Waals surface area contributed by atoms with Gasteiger partial charge in [-0.15, -0.1) is 11.3 Å². The summed E-state index contributed by atoms with van der Waals surface area (Å²) in [5.74, 6) is 0.104. The van der Waals surface area contributed by atoms with Gasteiger partial charge in [0, 0.05) is 10.9 Å². The maximum Gasteiger partial charge on any atom is 0.269 e. The van der Waals surface area contributed by atoms with Gasteiger partial charge in [0.1, 0.15) is 27.2 Å². The Morgan fingerprint density at radius 2 is 1.83 bits per heavy atom. The summed E-state index contributed by atoms with van der Waals surface area (Å²) >= 11 is 2.55. The number of fused-ring (bicyclic) bond motifs is 2. The minimum absolute atomic E-state index is 0.109. The fourth-order valence-electron chi connectivity index (χ4n) is 4.01. The number of hydrogen-bond donors (Lipinski definition) is 3. The lowest BCUT2D eigenvalue weighted by molar-refractivity contribution is 0.103. The van der Waals surface area contributed by atoms with E-state index >= 15 is 0 Å². The summed E-state index contributed by atoms with van der Waals surface area (Å²) in [6, 6.07) is 16.1. The van der Waals surface area contributed by atoms with Gasteiger partial charge < -0.3 is 11.5 Å². The number of pyridine rings is 1. The second kappa shape index (κ2) is 8.65. The zero-order chi connectivity index (χ0) is 24.9. The molecule has 0 aliphatic heterocycles. The van der Waals surface area contributed by atoms with E-state index in [0.717, 1.165) is 32.7 Å². The van der Waals surface area contributed by atoms with Gasteiger partial charge in [0.25, 0.3) is 5.91 Å². The van der Waals surface area contributed by atoms with Crippen molar-refractivity contribution < 1.29 is 4.79 Å². The third kappa shape index (κ3) is 3.97. The van der Waals surface area contributed by atoms with Crippen molar-refractivity contribution in [2.75, 3.05) is 16.8 Å². The molecule has 35 heavy (non-hydrogen) atoms. The van der Waals surface area contributed by atoms with Gasteiger partial charge in [-0.25, -0.2) is 9.97 Å². The number of nitrogens with one attached hydrogen (secondary N) is 1. The first-order valence-electron chi connectivity index (χ1n) is 11.0. The Kier molecular flexibility index (Phi) is 5.63. The molecule has 1 amide bonds. The van der Waals surface area contributed by atoms with Crippen molar-refractivity contribution >= 4 is 65.7 Å². The molecule has 174 valence electrons.